The van der Waals surface area contributed by atoms with Crippen LogP contribution >= 0.6 is 0 Å². The molecule has 3 unspecified atom stereocenters. The Morgan fingerprint density at radius 2 is 2.20 bits per heavy atom. The number of hydrogen-bond acceptors (Lipinski definition) is 4. The molecule has 2 saturated carbocycles. The number of rotatable bonds is 5. The highest BCUT2D eigenvalue weighted by molar-refractivity contribution is 7.89. The SMILES string of the molecule is Cc1[nH]nc(CO)c1S(=O)(=O)NCC1CC2CCC1C2. The third-order valence-corrected chi connectivity index (χ3v) is 6.43. The highest BCUT2D eigenvalue weighted by atomic mass is 32.2. The highest BCUT2D eigenvalue weighted by Crippen LogP contribution is 2.48. The molecular weight excluding hydrogens is 278 g/mol. The first-order chi connectivity index (χ1) is 9.51. The summed E-state index contributed by atoms with van der Waals surface area (Å²) in [7, 11) is -3.60. The topological polar surface area (TPSA) is 95.1 Å². The summed E-state index contributed by atoms with van der Waals surface area (Å²) in [6, 6.07) is 0. The van der Waals surface area contributed by atoms with Crippen molar-refractivity contribution >= 4 is 10.0 Å². The van der Waals surface area contributed by atoms with Gasteiger partial charge >= 0.3 is 0 Å². The first kappa shape index (κ1) is 14.0. The van der Waals surface area contributed by atoms with Crippen LogP contribution in [-0.2, 0) is 16.6 Å². The number of sulfonamides is 1. The van der Waals surface area contributed by atoms with Crippen LogP contribution in [0.15, 0.2) is 4.90 Å². The minimum atomic E-state index is -3.60. The second-order valence-corrected chi connectivity index (χ2v) is 7.77. The van der Waals surface area contributed by atoms with Crippen molar-refractivity contribution in [2.45, 2.75) is 44.1 Å². The van der Waals surface area contributed by atoms with E-state index in [1.807, 2.05) is 0 Å². The van der Waals surface area contributed by atoms with E-state index >= 15 is 0 Å². The summed E-state index contributed by atoms with van der Waals surface area (Å²) >= 11 is 0. The van der Waals surface area contributed by atoms with Crippen LogP contribution < -0.4 is 4.72 Å². The third-order valence-electron chi connectivity index (χ3n) is 4.80. The van der Waals surface area contributed by atoms with E-state index in [4.69, 9.17) is 0 Å². The van der Waals surface area contributed by atoms with E-state index in [1.54, 1.807) is 6.92 Å². The van der Waals surface area contributed by atoms with Crippen LogP contribution in [0, 0.1) is 24.7 Å². The summed E-state index contributed by atoms with van der Waals surface area (Å²) in [5, 5.41) is 15.6. The van der Waals surface area contributed by atoms with Gasteiger partial charge in [-0.3, -0.25) is 5.10 Å². The van der Waals surface area contributed by atoms with Gasteiger partial charge in [0.25, 0.3) is 0 Å². The number of aryl methyl sites for hydroxylation is 1. The van der Waals surface area contributed by atoms with E-state index in [0.29, 0.717) is 24.1 Å². The zero-order chi connectivity index (χ0) is 14.3. The summed E-state index contributed by atoms with van der Waals surface area (Å²) in [5.74, 6) is 1.96. The predicted octanol–water partition coefficient (Wildman–Crippen LogP) is 0.925. The first-order valence-corrected chi connectivity index (χ1v) is 8.64. The fourth-order valence-electron chi connectivity index (χ4n) is 3.85. The number of fused-ring (bicyclic) bond motifs is 2. The van der Waals surface area contributed by atoms with Gasteiger partial charge in [-0.05, 0) is 43.9 Å². The molecule has 0 aliphatic heterocycles. The van der Waals surface area contributed by atoms with Gasteiger partial charge in [-0.1, -0.05) is 6.42 Å². The Kier molecular flexibility index (Phi) is 3.60. The monoisotopic (exact) mass is 299 g/mol. The van der Waals surface area contributed by atoms with Crippen LogP contribution in [0.2, 0.25) is 0 Å². The molecule has 2 aliphatic rings. The summed E-state index contributed by atoms with van der Waals surface area (Å²) in [6.45, 7) is 1.77. The summed E-state index contributed by atoms with van der Waals surface area (Å²) in [6.07, 6.45) is 4.95. The standard InChI is InChI=1S/C13H21N3O3S/c1-8-13(12(7-17)16-15-8)20(18,19)14-6-11-5-9-2-3-10(11)4-9/h9-11,14,17H,2-7H2,1H3,(H,15,16). The Hall–Kier alpha value is -0.920. The fourth-order valence-corrected chi connectivity index (χ4v) is 5.30. The molecule has 6 nitrogen and oxygen atoms in total. The number of hydrogen-bond donors (Lipinski definition) is 3. The van der Waals surface area contributed by atoms with Crippen molar-refractivity contribution in [3.63, 3.8) is 0 Å². The number of aliphatic hydroxyl groups is 1. The van der Waals surface area contributed by atoms with Crippen LogP contribution in [0.1, 0.15) is 37.1 Å². The molecule has 3 atom stereocenters. The molecule has 2 bridgehead atoms. The maximum atomic E-state index is 12.4. The van der Waals surface area contributed by atoms with Crippen LogP contribution in [0.25, 0.3) is 0 Å². The van der Waals surface area contributed by atoms with Gasteiger partial charge in [-0.2, -0.15) is 5.10 Å². The molecule has 20 heavy (non-hydrogen) atoms. The van der Waals surface area contributed by atoms with Gasteiger partial charge in [0.05, 0.1) is 12.3 Å². The second-order valence-electron chi connectivity index (χ2n) is 6.07. The summed E-state index contributed by atoms with van der Waals surface area (Å²) in [4.78, 5) is 0.100. The maximum absolute atomic E-state index is 12.4. The fraction of sp³-hybridized carbons (Fsp3) is 0.769. The minimum absolute atomic E-state index is 0.100. The summed E-state index contributed by atoms with van der Waals surface area (Å²) < 4.78 is 27.5. The van der Waals surface area contributed by atoms with Crippen LogP contribution in [0.4, 0.5) is 0 Å². The van der Waals surface area contributed by atoms with Gasteiger partial charge in [0, 0.05) is 6.54 Å². The molecule has 3 N–H and O–H groups in total. The number of nitrogens with one attached hydrogen (secondary N) is 2. The average molecular weight is 299 g/mol. The molecule has 112 valence electrons. The smallest absolute Gasteiger partial charge is 0.244 e. The number of aliphatic hydroxyl groups excluding tert-OH is 1. The van der Waals surface area contributed by atoms with Crippen molar-refractivity contribution in [3.05, 3.63) is 11.4 Å². The number of aromatic nitrogens is 2. The van der Waals surface area contributed by atoms with E-state index < -0.39 is 10.0 Å². The molecular formula is C13H21N3O3S. The van der Waals surface area contributed by atoms with E-state index in [1.165, 1.54) is 19.3 Å². The molecule has 1 heterocycles. The zero-order valence-electron chi connectivity index (χ0n) is 11.6. The predicted molar refractivity (Wildman–Crippen MR) is 73.4 cm³/mol. The van der Waals surface area contributed by atoms with Crippen molar-refractivity contribution in [2.24, 2.45) is 17.8 Å². The molecule has 7 heteroatoms. The van der Waals surface area contributed by atoms with Crippen molar-refractivity contribution in [1.29, 1.82) is 0 Å². The molecule has 2 fully saturated rings. The lowest BCUT2D eigenvalue weighted by atomic mass is 9.89. The average Bonchev–Trinajstić information content (AvgIpc) is 3.10. The molecule has 3 rings (SSSR count). The van der Waals surface area contributed by atoms with Gasteiger partial charge in [-0.25, -0.2) is 13.1 Å². The van der Waals surface area contributed by atoms with E-state index in [0.717, 1.165) is 12.3 Å². The lowest BCUT2D eigenvalue weighted by Gasteiger charge is -2.21. The Morgan fingerprint density at radius 1 is 1.40 bits per heavy atom. The van der Waals surface area contributed by atoms with E-state index in [9.17, 15) is 13.5 Å². The number of H-pyrrole nitrogens is 1. The van der Waals surface area contributed by atoms with Crippen molar-refractivity contribution in [3.8, 4) is 0 Å². The molecule has 0 aromatic carbocycles. The zero-order valence-corrected chi connectivity index (χ0v) is 12.4. The molecule has 2 aliphatic carbocycles. The Bertz CT molecular complexity index is 596. The lowest BCUT2D eigenvalue weighted by Crippen LogP contribution is -2.32. The van der Waals surface area contributed by atoms with Crippen molar-refractivity contribution < 1.29 is 13.5 Å². The van der Waals surface area contributed by atoms with Gasteiger partial charge in [0.15, 0.2) is 0 Å². The Morgan fingerprint density at radius 3 is 2.80 bits per heavy atom. The van der Waals surface area contributed by atoms with Gasteiger partial charge in [0.2, 0.25) is 10.0 Å². The molecule has 0 spiro atoms. The minimum Gasteiger partial charge on any atom is -0.390 e. The van der Waals surface area contributed by atoms with Crippen molar-refractivity contribution in [2.75, 3.05) is 6.54 Å². The van der Waals surface area contributed by atoms with E-state index in [-0.39, 0.29) is 17.2 Å². The van der Waals surface area contributed by atoms with Gasteiger partial charge in [0.1, 0.15) is 10.6 Å². The molecule has 0 amide bonds. The molecule has 1 aromatic rings. The normalized spacial score (nSPS) is 29.2. The molecule has 1 aromatic heterocycles. The third kappa shape index (κ3) is 2.38. The first-order valence-electron chi connectivity index (χ1n) is 7.15. The van der Waals surface area contributed by atoms with Crippen molar-refractivity contribution in [1.82, 2.24) is 14.9 Å². The summed E-state index contributed by atoms with van der Waals surface area (Å²) in [5.41, 5.74) is 0.650. The van der Waals surface area contributed by atoms with Crippen LogP contribution in [0.3, 0.4) is 0 Å². The highest BCUT2D eigenvalue weighted by Gasteiger charge is 2.39. The maximum Gasteiger partial charge on any atom is 0.244 e. The van der Waals surface area contributed by atoms with E-state index in [2.05, 4.69) is 14.9 Å². The number of aromatic amines is 1. The molecule has 0 saturated heterocycles. The van der Waals surface area contributed by atoms with Gasteiger partial charge in [-0.15, -0.1) is 0 Å². The van der Waals surface area contributed by atoms with Crippen LogP contribution in [0.5, 0.6) is 0 Å². The second kappa shape index (κ2) is 5.13. The quantitative estimate of drug-likeness (QED) is 0.753. The largest absolute Gasteiger partial charge is 0.390 e. The molecule has 0 radical (unpaired) electrons. The Labute approximate surface area is 119 Å². The lowest BCUT2D eigenvalue weighted by molar-refractivity contribution is 0.273. The Balaban J connectivity index is 1.71. The van der Waals surface area contributed by atoms with Gasteiger partial charge < -0.3 is 5.11 Å². The van der Waals surface area contributed by atoms with Crippen LogP contribution in [-0.4, -0.2) is 30.3 Å². The number of nitrogens with zero attached hydrogens (tertiary/aromatic N) is 1.